The Hall–Kier alpha value is -3.28. The standard InChI is InChI=1S/C22H22N2O4/c1-22(21(26)23-17-10-11-18-19(14-17)28-15-27-18)12-13-24(22)20(25)9-5-8-16-6-3-2-4-7-16/h2-8,10-11,14H,9,12-13,15H2,1H3,(H,23,26)/b8-5+. The molecule has 1 fully saturated rings. The lowest BCUT2D eigenvalue weighted by Gasteiger charge is -2.49. The van der Waals surface area contributed by atoms with E-state index in [-0.39, 0.29) is 25.0 Å². The first kappa shape index (κ1) is 18.1. The van der Waals surface area contributed by atoms with Gasteiger partial charge in [-0.1, -0.05) is 42.5 Å². The van der Waals surface area contributed by atoms with Crippen LogP contribution in [0.5, 0.6) is 11.5 Å². The molecule has 0 aliphatic carbocycles. The Labute approximate surface area is 163 Å². The van der Waals surface area contributed by atoms with Crippen molar-refractivity contribution in [1.29, 1.82) is 0 Å². The Bertz CT molecular complexity index is 925. The lowest BCUT2D eigenvalue weighted by molar-refractivity contribution is -0.154. The van der Waals surface area contributed by atoms with Gasteiger partial charge in [-0.2, -0.15) is 0 Å². The highest BCUT2D eigenvalue weighted by Crippen LogP contribution is 2.36. The van der Waals surface area contributed by atoms with Gasteiger partial charge in [-0.3, -0.25) is 9.59 Å². The van der Waals surface area contributed by atoms with E-state index in [1.165, 1.54) is 0 Å². The summed E-state index contributed by atoms with van der Waals surface area (Å²) in [6.07, 6.45) is 4.66. The molecule has 0 radical (unpaired) electrons. The summed E-state index contributed by atoms with van der Waals surface area (Å²) in [5.41, 5.74) is 0.828. The minimum absolute atomic E-state index is 0.0539. The number of ether oxygens (including phenoxy) is 2. The molecule has 2 aromatic carbocycles. The molecule has 1 N–H and O–H groups in total. The summed E-state index contributed by atoms with van der Waals surface area (Å²) in [4.78, 5) is 27.1. The fourth-order valence-corrected chi connectivity index (χ4v) is 3.41. The molecule has 1 unspecified atom stereocenters. The average molecular weight is 378 g/mol. The molecule has 1 atom stereocenters. The topological polar surface area (TPSA) is 67.9 Å². The molecule has 28 heavy (non-hydrogen) atoms. The number of nitrogens with zero attached hydrogens (tertiary/aromatic N) is 1. The molecular weight excluding hydrogens is 356 g/mol. The summed E-state index contributed by atoms with van der Waals surface area (Å²) in [7, 11) is 0. The highest BCUT2D eigenvalue weighted by atomic mass is 16.7. The van der Waals surface area contributed by atoms with Crippen LogP contribution in [0.15, 0.2) is 54.6 Å². The van der Waals surface area contributed by atoms with Crippen LogP contribution >= 0.6 is 0 Å². The van der Waals surface area contributed by atoms with Gasteiger partial charge >= 0.3 is 0 Å². The van der Waals surface area contributed by atoms with Gasteiger partial charge in [-0.15, -0.1) is 0 Å². The van der Waals surface area contributed by atoms with E-state index in [0.717, 1.165) is 5.56 Å². The first-order chi connectivity index (χ1) is 13.6. The van der Waals surface area contributed by atoms with Crippen molar-refractivity contribution in [2.24, 2.45) is 0 Å². The maximum absolute atomic E-state index is 12.8. The van der Waals surface area contributed by atoms with Crippen molar-refractivity contribution < 1.29 is 19.1 Å². The van der Waals surface area contributed by atoms with Gasteiger partial charge in [0, 0.05) is 24.7 Å². The Morgan fingerprint density at radius 3 is 2.68 bits per heavy atom. The van der Waals surface area contributed by atoms with Crippen molar-refractivity contribution in [2.75, 3.05) is 18.7 Å². The molecule has 2 aliphatic heterocycles. The van der Waals surface area contributed by atoms with Gasteiger partial charge < -0.3 is 19.7 Å². The van der Waals surface area contributed by atoms with Crippen molar-refractivity contribution in [1.82, 2.24) is 4.90 Å². The molecule has 2 heterocycles. The van der Waals surface area contributed by atoms with E-state index in [4.69, 9.17) is 9.47 Å². The van der Waals surface area contributed by atoms with Crippen LogP contribution in [-0.2, 0) is 9.59 Å². The summed E-state index contributed by atoms with van der Waals surface area (Å²) < 4.78 is 10.6. The summed E-state index contributed by atoms with van der Waals surface area (Å²) >= 11 is 0. The smallest absolute Gasteiger partial charge is 0.250 e. The third kappa shape index (κ3) is 3.45. The molecule has 0 bridgehead atoms. The van der Waals surface area contributed by atoms with Gasteiger partial charge in [0.25, 0.3) is 0 Å². The number of anilines is 1. The third-order valence-corrected chi connectivity index (χ3v) is 5.24. The number of carbonyl (C=O) groups excluding carboxylic acids is 2. The van der Waals surface area contributed by atoms with E-state index in [1.54, 1.807) is 30.0 Å². The number of hydrogen-bond acceptors (Lipinski definition) is 4. The van der Waals surface area contributed by atoms with Crippen LogP contribution in [0.3, 0.4) is 0 Å². The highest BCUT2D eigenvalue weighted by molar-refractivity contribution is 6.01. The van der Waals surface area contributed by atoms with E-state index in [1.807, 2.05) is 42.5 Å². The molecular formula is C22H22N2O4. The molecule has 1 saturated heterocycles. The number of benzene rings is 2. The van der Waals surface area contributed by atoms with Gasteiger partial charge in [-0.25, -0.2) is 0 Å². The fraction of sp³-hybridized carbons (Fsp3) is 0.273. The molecule has 2 aliphatic rings. The molecule has 0 spiro atoms. The van der Waals surface area contributed by atoms with E-state index < -0.39 is 5.54 Å². The van der Waals surface area contributed by atoms with Crippen molar-refractivity contribution in [3.63, 3.8) is 0 Å². The quantitative estimate of drug-likeness (QED) is 0.865. The molecule has 2 aromatic rings. The summed E-state index contributed by atoms with van der Waals surface area (Å²) in [5.74, 6) is 1.02. The summed E-state index contributed by atoms with van der Waals surface area (Å²) in [6.45, 7) is 2.57. The van der Waals surface area contributed by atoms with Crippen LogP contribution < -0.4 is 14.8 Å². The van der Waals surface area contributed by atoms with E-state index in [0.29, 0.717) is 30.2 Å². The SMILES string of the molecule is CC1(C(=O)Nc2ccc3c(c2)OCO3)CCN1C(=O)C/C=C/c1ccccc1. The number of likely N-dealkylation sites (tertiary alicyclic amines) is 1. The fourth-order valence-electron chi connectivity index (χ4n) is 3.41. The van der Waals surface area contributed by atoms with Crippen LogP contribution in [0.2, 0.25) is 0 Å². The Balaban J connectivity index is 1.37. The highest BCUT2D eigenvalue weighted by Gasteiger charge is 2.49. The van der Waals surface area contributed by atoms with Gasteiger partial charge in [0.05, 0.1) is 0 Å². The van der Waals surface area contributed by atoms with Gasteiger partial charge in [0.15, 0.2) is 11.5 Å². The molecule has 6 heteroatoms. The van der Waals surface area contributed by atoms with E-state index in [2.05, 4.69) is 5.32 Å². The zero-order valence-corrected chi connectivity index (χ0v) is 15.7. The Morgan fingerprint density at radius 2 is 1.93 bits per heavy atom. The number of nitrogens with one attached hydrogen (secondary N) is 1. The van der Waals surface area contributed by atoms with Crippen LogP contribution in [0, 0.1) is 0 Å². The van der Waals surface area contributed by atoms with Crippen molar-refractivity contribution in [2.45, 2.75) is 25.3 Å². The molecule has 0 aromatic heterocycles. The van der Waals surface area contributed by atoms with Crippen LogP contribution in [-0.4, -0.2) is 35.6 Å². The normalized spacial score (nSPS) is 20.1. The van der Waals surface area contributed by atoms with Crippen LogP contribution in [0.1, 0.15) is 25.3 Å². The molecule has 0 saturated carbocycles. The monoisotopic (exact) mass is 378 g/mol. The van der Waals surface area contributed by atoms with E-state index >= 15 is 0 Å². The molecule has 4 rings (SSSR count). The zero-order valence-electron chi connectivity index (χ0n) is 15.7. The first-order valence-corrected chi connectivity index (χ1v) is 9.29. The van der Waals surface area contributed by atoms with Gasteiger partial charge in [-0.05, 0) is 31.0 Å². The van der Waals surface area contributed by atoms with Crippen molar-refractivity contribution in [3.05, 3.63) is 60.2 Å². The second-order valence-corrected chi connectivity index (χ2v) is 7.11. The minimum Gasteiger partial charge on any atom is -0.454 e. The largest absolute Gasteiger partial charge is 0.454 e. The maximum Gasteiger partial charge on any atom is 0.250 e. The van der Waals surface area contributed by atoms with Crippen LogP contribution in [0.4, 0.5) is 5.69 Å². The predicted molar refractivity (Wildman–Crippen MR) is 106 cm³/mol. The second kappa shape index (κ2) is 7.38. The number of fused-ring (bicyclic) bond motifs is 1. The summed E-state index contributed by atoms with van der Waals surface area (Å²) in [6, 6.07) is 15.1. The predicted octanol–water partition coefficient (Wildman–Crippen LogP) is 3.45. The minimum atomic E-state index is -0.839. The number of amides is 2. The summed E-state index contributed by atoms with van der Waals surface area (Å²) in [5, 5.41) is 2.89. The van der Waals surface area contributed by atoms with Crippen molar-refractivity contribution in [3.8, 4) is 11.5 Å². The second-order valence-electron chi connectivity index (χ2n) is 7.11. The number of hydrogen-bond donors (Lipinski definition) is 1. The number of rotatable bonds is 5. The Morgan fingerprint density at radius 1 is 1.14 bits per heavy atom. The first-order valence-electron chi connectivity index (χ1n) is 9.29. The third-order valence-electron chi connectivity index (χ3n) is 5.24. The van der Waals surface area contributed by atoms with E-state index in [9.17, 15) is 9.59 Å². The maximum atomic E-state index is 12.8. The van der Waals surface area contributed by atoms with Gasteiger partial charge in [0.2, 0.25) is 18.6 Å². The lowest BCUT2D eigenvalue weighted by Crippen LogP contribution is -2.66. The molecule has 2 amide bonds. The zero-order chi connectivity index (χ0) is 19.6. The number of carbonyl (C=O) groups is 2. The van der Waals surface area contributed by atoms with Crippen molar-refractivity contribution >= 4 is 23.6 Å². The van der Waals surface area contributed by atoms with Crippen LogP contribution in [0.25, 0.3) is 6.08 Å². The van der Waals surface area contributed by atoms with Gasteiger partial charge in [0.1, 0.15) is 5.54 Å². The molecule has 144 valence electrons. The Kier molecular flexibility index (Phi) is 4.77. The lowest BCUT2D eigenvalue weighted by atomic mass is 9.85. The average Bonchev–Trinajstić information content (AvgIpc) is 3.15. The molecule has 6 nitrogen and oxygen atoms in total.